The number of nitrogens with one attached hydrogen (secondary N) is 1. The number of rotatable bonds is 2. The van der Waals surface area contributed by atoms with E-state index < -0.39 is 0 Å². The number of anilines is 1. The van der Waals surface area contributed by atoms with E-state index in [1.54, 1.807) is 6.33 Å². The molecule has 1 heterocycles. The van der Waals surface area contributed by atoms with Crippen LogP contribution in [0.5, 0.6) is 0 Å². The van der Waals surface area contributed by atoms with Crippen LogP contribution in [-0.2, 0) is 6.42 Å². The minimum absolute atomic E-state index is 0.812. The molecule has 0 atom stereocenters. The maximum absolute atomic E-state index is 5.80. The third-order valence-electron chi connectivity index (χ3n) is 1.99. The molecule has 0 amide bonds. The third kappa shape index (κ3) is 1.69. The molecule has 3 heteroatoms. The zero-order valence-corrected chi connectivity index (χ0v) is 7.20. The molecule has 0 fully saturated rings. The van der Waals surface area contributed by atoms with Crippen LogP contribution in [0.25, 0.3) is 0 Å². The number of para-hydroxylation sites is 1. The van der Waals surface area contributed by atoms with E-state index in [1.165, 1.54) is 0 Å². The molecule has 0 saturated carbocycles. The zero-order chi connectivity index (χ0) is 9.10. The first-order valence-electron chi connectivity index (χ1n) is 4.17. The molecule has 3 nitrogen and oxygen atoms in total. The van der Waals surface area contributed by atoms with Gasteiger partial charge in [-0.3, -0.25) is 0 Å². The lowest BCUT2D eigenvalue weighted by Crippen LogP contribution is -1.94. The van der Waals surface area contributed by atoms with Crippen LogP contribution >= 0.6 is 0 Å². The van der Waals surface area contributed by atoms with E-state index >= 15 is 0 Å². The van der Waals surface area contributed by atoms with Crippen molar-refractivity contribution in [2.75, 3.05) is 5.73 Å². The molecule has 1 aromatic carbocycles. The minimum Gasteiger partial charge on any atom is -0.398 e. The predicted molar refractivity (Wildman–Crippen MR) is 52.2 cm³/mol. The first-order chi connectivity index (χ1) is 6.36. The summed E-state index contributed by atoms with van der Waals surface area (Å²) >= 11 is 0. The van der Waals surface area contributed by atoms with E-state index in [0.29, 0.717) is 0 Å². The second-order valence-corrected chi connectivity index (χ2v) is 2.95. The summed E-state index contributed by atoms with van der Waals surface area (Å²) in [7, 11) is 0. The number of hydrogen-bond donors (Lipinski definition) is 2. The van der Waals surface area contributed by atoms with Crippen molar-refractivity contribution in [3.05, 3.63) is 48.0 Å². The SMILES string of the molecule is Nc1ccccc1Cc1cnc[nH]1. The lowest BCUT2D eigenvalue weighted by Gasteiger charge is -2.02. The molecule has 13 heavy (non-hydrogen) atoms. The first kappa shape index (κ1) is 7.86. The summed E-state index contributed by atoms with van der Waals surface area (Å²) in [5.41, 5.74) is 8.85. The molecule has 0 saturated heterocycles. The van der Waals surface area contributed by atoms with Gasteiger partial charge in [0.05, 0.1) is 6.33 Å². The molecular weight excluding hydrogens is 162 g/mol. The zero-order valence-electron chi connectivity index (χ0n) is 7.20. The Bertz CT molecular complexity index is 379. The summed E-state index contributed by atoms with van der Waals surface area (Å²) in [6, 6.07) is 7.86. The molecule has 0 aliphatic rings. The Labute approximate surface area is 76.6 Å². The number of hydrogen-bond acceptors (Lipinski definition) is 2. The number of aromatic amines is 1. The summed E-state index contributed by atoms with van der Waals surface area (Å²) < 4.78 is 0. The van der Waals surface area contributed by atoms with Crippen LogP contribution in [0.2, 0.25) is 0 Å². The topological polar surface area (TPSA) is 54.7 Å². The molecule has 1 aromatic heterocycles. The molecule has 66 valence electrons. The Morgan fingerprint density at radius 2 is 2.15 bits per heavy atom. The number of nitrogens with zero attached hydrogens (tertiary/aromatic N) is 1. The van der Waals surface area contributed by atoms with E-state index in [2.05, 4.69) is 9.97 Å². The Hall–Kier alpha value is -1.77. The molecule has 0 unspecified atom stereocenters. The van der Waals surface area contributed by atoms with Crippen LogP contribution in [0.3, 0.4) is 0 Å². The number of benzene rings is 1. The summed E-state index contributed by atoms with van der Waals surface area (Å²) in [6.07, 6.45) is 4.30. The van der Waals surface area contributed by atoms with Crippen molar-refractivity contribution in [2.45, 2.75) is 6.42 Å². The highest BCUT2D eigenvalue weighted by atomic mass is 14.9. The van der Waals surface area contributed by atoms with Gasteiger partial charge in [-0.1, -0.05) is 18.2 Å². The number of H-pyrrole nitrogens is 1. The van der Waals surface area contributed by atoms with E-state index in [1.807, 2.05) is 30.5 Å². The van der Waals surface area contributed by atoms with Crippen molar-refractivity contribution in [3.63, 3.8) is 0 Å². The predicted octanol–water partition coefficient (Wildman–Crippen LogP) is 1.58. The van der Waals surface area contributed by atoms with Gasteiger partial charge >= 0.3 is 0 Å². The molecule has 0 bridgehead atoms. The van der Waals surface area contributed by atoms with Crippen LogP contribution in [0, 0.1) is 0 Å². The van der Waals surface area contributed by atoms with Crippen molar-refractivity contribution in [1.82, 2.24) is 9.97 Å². The van der Waals surface area contributed by atoms with Crippen LogP contribution in [-0.4, -0.2) is 9.97 Å². The number of nitrogen functional groups attached to an aromatic ring is 1. The Morgan fingerprint density at radius 3 is 2.85 bits per heavy atom. The standard InChI is InChI=1S/C10H11N3/c11-10-4-2-1-3-8(10)5-9-6-12-7-13-9/h1-4,6-7H,5,11H2,(H,12,13). The minimum atomic E-state index is 0.812. The number of aromatic nitrogens is 2. The second-order valence-electron chi connectivity index (χ2n) is 2.95. The number of nitrogens with two attached hydrogens (primary N) is 1. The number of imidazole rings is 1. The van der Waals surface area contributed by atoms with Gasteiger partial charge in [0.25, 0.3) is 0 Å². The summed E-state index contributed by atoms with van der Waals surface area (Å²) in [4.78, 5) is 7.00. The largest absolute Gasteiger partial charge is 0.398 e. The Morgan fingerprint density at radius 1 is 1.31 bits per heavy atom. The summed E-state index contributed by atoms with van der Waals surface area (Å²) in [5, 5.41) is 0. The van der Waals surface area contributed by atoms with Crippen molar-refractivity contribution in [1.29, 1.82) is 0 Å². The van der Waals surface area contributed by atoms with Gasteiger partial charge in [-0.05, 0) is 11.6 Å². The van der Waals surface area contributed by atoms with Crippen LogP contribution < -0.4 is 5.73 Å². The van der Waals surface area contributed by atoms with Crippen molar-refractivity contribution in [2.24, 2.45) is 0 Å². The fraction of sp³-hybridized carbons (Fsp3) is 0.100. The highest BCUT2D eigenvalue weighted by molar-refractivity contribution is 5.47. The van der Waals surface area contributed by atoms with Gasteiger partial charge in [-0.2, -0.15) is 0 Å². The van der Waals surface area contributed by atoms with Gasteiger partial charge < -0.3 is 10.7 Å². The van der Waals surface area contributed by atoms with Crippen LogP contribution in [0.4, 0.5) is 5.69 Å². The van der Waals surface area contributed by atoms with Gasteiger partial charge in [0.2, 0.25) is 0 Å². The van der Waals surface area contributed by atoms with Crippen LogP contribution in [0.1, 0.15) is 11.3 Å². The smallest absolute Gasteiger partial charge is 0.0921 e. The molecule has 2 rings (SSSR count). The maximum Gasteiger partial charge on any atom is 0.0921 e. The van der Waals surface area contributed by atoms with E-state index in [4.69, 9.17) is 5.73 Å². The normalized spacial score (nSPS) is 10.2. The quantitative estimate of drug-likeness (QED) is 0.677. The lowest BCUT2D eigenvalue weighted by molar-refractivity contribution is 1.11. The first-order valence-corrected chi connectivity index (χ1v) is 4.17. The van der Waals surface area contributed by atoms with Gasteiger partial charge in [0.15, 0.2) is 0 Å². The van der Waals surface area contributed by atoms with Gasteiger partial charge in [-0.25, -0.2) is 4.98 Å². The van der Waals surface area contributed by atoms with E-state index in [-0.39, 0.29) is 0 Å². The van der Waals surface area contributed by atoms with E-state index in [9.17, 15) is 0 Å². The molecule has 3 N–H and O–H groups in total. The monoisotopic (exact) mass is 173 g/mol. The third-order valence-corrected chi connectivity index (χ3v) is 1.99. The fourth-order valence-corrected chi connectivity index (χ4v) is 1.28. The highest BCUT2D eigenvalue weighted by Gasteiger charge is 1.99. The fourth-order valence-electron chi connectivity index (χ4n) is 1.28. The van der Waals surface area contributed by atoms with Gasteiger partial charge in [0.1, 0.15) is 0 Å². The average molecular weight is 173 g/mol. The molecular formula is C10H11N3. The second kappa shape index (κ2) is 3.31. The molecule has 0 spiro atoms. The molecule has 0 radical (unpaired) electrons. The van der Waals surface area contributed by atoms with Crippen molar-refractivity contribution >= 4 is 5.69 Å². The van der Waals surface area contributed by atoms with Gasteiger partial charge in [0, 0.05) is 24.0 Å². The highest BCUT2D eigenvalue weighted by Crippen LogP contribution is 2.13. The molecule has 0 aliphatic heterocycles. The summed E-state index contributed by atoms with van der Waals surface area (Å²) in [6.45, 7) is 0. The lowest BCUT2D eigenvalue weighted by atomic mass is 10.1. The maximum atomic E-state index is 5.80. The van der Waals surface area contributed by atoms with Crippen LogP contribution in [0.15, 0.2) is 36.8 Å². The average Bonchev–Trinajstić information content (AvgIpc) is 2.61. The Balaban J connectivity index is 2.24. The molecule has 2 aromatic rings. The van der Waals surface area contributed by atoms with Gasteiger partial charge in [-0.15, -0.1) is 0 Å². The Kier molecular flexibility index (Phi) is 2.00. The van der Waals surface area contributed by atoms with Crippen molar-refractivity contribution < 1.29 is 0 Å². The van der Waals surface area contributed by atoms with E-state index in [0.717, 1.165) is 23.4 Å². The summed E-state index contributed by atoms with van der Waals surface area (Å²) in [5.74, 6) is 0. The van der Waals surface area contributed by atoms with Crippen molar-refractivity contribution in [3.8, 4) is 0 Å². The molecule has 0 aliphatic carbocycles.